The van der Waals surface area contributed by atoms with E-state index in [4.69, 9.17) is 5.26 Å². The van der Waals surface area contributed by atoms with Crippen LogP contribution in [-0.4, -0.2) is 24.5 Å². The van der Waals surface area contributed by atoms with Crippen molar-refractivity contribution in [2.75, 3.05) is 18.0 Å². The predicted molar refractivity (Wildman–Crippen MR) is 55.3 cm³/mol. The number of anilines is 1. The van der Waals surface area contributed by atoms with Crippen molar-refractivity contribution in [3.63, 3.8) is 0 Å². The molecule has 0 N–H and O–H groups in total. The molecule has 1 aromatic rings. The fourth-order valence-corrected chi connectivity index (χ4v) is 1.90. The van der Waals surface area contributed by atoms with E-state index in [0.29, 0.717) is 25.2 Å². The molecule has 3 nitrogen and oxygen atoms in total. The van der Waals surface area contributed by atoms with Crippen LogP contribution in [0.4, 0.5) is 14.5 Å². The quantitative estimate of drug-likeness (QED) is 0.770. The van der Waals surface area contributed by atoms with Gasteiger partial charge in [-0.2, -0.15) is 5.26 Å². The first-order valence-electron chi connectivity index (χ1n) is 5.10. The van der Waals surface area contributed by atoms with Gasteiger partial charge in [0.05, 0.1) is 0 Å². The molecule has 0 aliphatic carbocycles. The van der Waals surface area contributed by atoms with Gasteiger partial charge in [0.25, 0.3) is 0 Å². The zero-order chi connectivity index (χ0) is 11.5. The van der Waals surface area contributed by atoms with Crippen LogP contribution in [0, 0.1) is 17.2 Å². The number of nitrogens with zero attached hydrogens (tertiary/aromatic N) is 3. The van der Waals surface area contributed by atoms with E-state index >= 15 is 0 Å². The number of hydrogen-bond donors (Lipinski definition) is 0. The third-order valence-corrected chi connectivity index (χ3v) is 2.80. The zero-order valence-electron chi connectivity index (χ0n) is 8.61. The first kappa shape index (κ1) is 10.8. The minimum absolute atomic E-state index is 0.318. The molecule has 0 spiro atoms. The van der Waals surface area contributed by atoms with Gasteiger partial charge in [0, 0.05) is 30.9 Å². The molecule has 0 amide bonds. The van der Waals surface area contributed by atoms with Gasteiger partial charge in [-0.3, -0.25) is 0 Å². The second kappa shape index (κ2) is 4.44. The normalized spacial score (nSPS) is 20.1. The lowest BCUT2D eigenvalue weighted by atomic mass is 10.1. The summed E-state index contributed by atoms with van der Waals surface area (Å²) in [6, 6.07) is 5.32. The summed E-state index contributed by atoms with van der Waals surface area (Å²) >= 11 is 0. The molecule has 0 bridgehead atoms. The van der Waals surface area contributed by atoms with Crippen molar-refractivity contribution >= 4 is 5.69 Å². The second-order valence-corrected chi connectivity index (χ2v) is 3.84. The van der Waals surface area contributed by atoms with Crippen LogP contribution in [0.1, 0.15) is 12.1 Å². The van der Waals surface area contributed by atoms with Gasteiger partial charge in [0.1, 0.15) is 11.8 Å². The van der Waals surface area contributed by atoms with Crippen molar-refractivity contribution in [3.05, 3.63) is 24.0 Å². The predicted octanol–water partition coefficient (Wildman–Crippen LogP) is 2.04. The smallest absolute Gasteiger partial charge is 0.243 e. The minimum atomic E-state index is -2.26. The first-order chi connectivity index (χ1) is 7.70. The summed E-state index contributed by atoms with van der Waals surface area (Å²) in [5, 5.41) is 8.69. The Balaban J connectivity index is 2.12. The Hall–Kier alpha value is -1.70. The lowest BCUT2D eigenvalue weighted by Gasteiger charge is -2.18. The summed E-state index contributed by atoms with van der Waals surface area (Å²) in [4.78, 5) is 5.72. The van der Waals surface area contributed by atoms with Crippen molar-refractivity contribution in [3.8, 4) is 6.07 Å². The molecular weight excluding hydrogens is 212 g/mol. The topological polar surface area (TPSA) is 39.9 Å². The highest BCUT2D eigenvalue weighted by Gasteiger charge is 2.29. The molecule has 1 saturated heterocycles. The molecule has 1 atom stereocenters. The Morgan fingerprint density at radius 2 is 2.38 bits per heavy atom. The summed E-state index contributed by atoms with van der Waals surface area (Å²) < 4.78 is 25.0. The number of halogens is 2. The van der Waals surface area contributed by atoms with E-state index in [0.717, 1.165) is 5.69 Å². The summed E-state index contributed by atoms with van der Waals surface area (Å²) in [6.07, 6.45) is -0.229. The van der Waals surface area contributed by atoms with Crippen LogP contribution in [0.15, 0.2) is 18.3 Å². The monoisotopic (exact) mass is 223 g/mol. The molecule has 1 aliphatic rings. The van der Waals surface area contributed by atoms with E-state index in [1.807, 2.05) is 11.0 Å². The van der Waals surface area contributed by atoms with Crippen molar-refractivity contribution in [1.82, 2.24) is 4.98 Å². The number of nitriles is 1. The molecule has 2 heterocycles. The SMILES string of the molecule is N#Cc1cc(N2CCC(C(F)F)C2)ccn1. The number of pyridine rings is 1. The summed E-state index contributed by atoms with van der Waals surface area (Å²) in [7, 11) is 0. The largest absolute Gasteiger partial charge is 0.371 e. The molecule has 1 aliphatic heterocycles. The number of rotatable bonds is 2. The molecule has 1 fully saturated rings. The van der Waals surface area contributed by atoms with E-state index < -0.39 is 12.3 Å². The van der Waals surface area contributed by atoms with Crippen LogP contribution >= 0.6 is 0 Å². The van der Waals surface area contributed by atoms with E-state index in [-0.39, 0.29) is 0 Å². The highest BCUT2D eigenvalue weighted by molar-refractivity contribution is 5.49. The van der Waals surface area contributed by atoms with Crippen LogP contribution in [0.5, 0.6) is 0 Å². The molecule has 0 radical (unpaired) electrons. The van der Waals surface area contributed by atoms with Gasteiger partial charge in [-0.25, -0.2) is 13.8 Å². The Morgan fingerprint density at radius 1 is 1.56 bits per heavy atom. The molecule has 1 unspecified atom stereocenters. The van der Waals surface area contributed by atoms with Crippen LogP contribution < -0.4 is 4.90 Å². The van der Waals surface area contributed by atoms with Crippen molar-refractivity contribution in [1.29, 1.82) is 5.26 Å². The Labute approximate surface area is 92.3 Å². The molecule has 1 aromatic heterocycles. The average molecular weight is 223 g/mol. The van der Waals surface area contributed by atoms with Crippen LogP contribution in [0.25, 0.3) is 0 Å². The molecule has 16 heavy (non-hydrogen) atoms. The molecular formula is C11H11F2N3. The zero-order valence-corrected chi connectivity index (χ0v) is 8.61. The fourth-order valence-electron chi connectivity index (χ4n) is 1.90. The third kappa shape index (κ3) is 2.11. The van der Waals surface area contributed by atoms with E-state index in [9.17, 15) is 8.78 Å². The van der Waals surface area contributed by atoms with Gasteiger partial charge in [-0.15, -0.1) is 0 Å². The van der Waals surface area contributed by atoms with Crippen LogP contribution in [-0.2, 0) is 0 Å². The minimum Gasteiger partial charge on any atom is -0.371 e. The van der Waals surface area contributed by atoms with Crippen LogP contribution in [0.3, 0.4) is 0 Å². The highest BCUT2D eigenvalue weighted by Crippen LogP contribution is 2.27. The molecule has 84 valence electrons. The third-order valence-electron chi connectivity index (χ3n) is 2.80. The lowest BCUT2D eigenvalue weighted by molar-refractivity contribution is 0.0880. The average Bonchev–Trinajstić information content (AvgIpc) is 2.78. The second-order valence-electron chi connectivity index (χ2n) is 3.84. The van der Waals surface area contributed by atoms with E-state index in [1.165, 1.54) is 6.20 Å². The Morgan fingerprint density at radius 3 is 3.00 bits per heavy atom. The summed E-state index contributed by atoms with van der Waals surface area (Å²) in [5.74, 6) is -0.557. The number of hydrogen-bond acceptors (Lipinski definition) is 3. The van der Waals surface area contributed by atoms with Gasteiger partial charge in [-0.05, 0) is 18.6 Å². The van der Waals surface area contributed by atoms with Crippen LogP contribution in [0.2, 0.25) is 0 Å². The molecule has 5 heteroatoms. The first-order valence-corrected chi connectivity index (χ1v) is 5.10. The van der Waals surface area contributed by atoms with Gasteiger partial charge in [0.15, 0.2) is 0 Å². The maximum atomic E-state index is 12.5. The number of alkyl halides is 2. The van der Waals surface area contributed by atoms with E-state index in [1.54, 1.807) is 12.1 Å². The van der Waals surface area contributed by atoms with Crippen molar-refractivity contribution in [2.45, 2.75) is 12.8 Å². The van der Waals surface area contributed by atoms with Gasteiger partial charge in [0.2, 0.25) is 6.43 Å². The Bertz CT molecular complexity index is 414. The standard InChI is InChI=1S/C11H11F2N3/c12-11(13)8-2-4-16(7-8)10-1-3-15-9(5-10)6-14/h1,3,5,8,11H,2,4,7H2. The highest BCUT2D eigenvalue weighted by atomic mass is 19.3. The van der Waals surface area contributed by atoms with Gasteiger partial charge < -0.3 is 4.90 Å². The number of aromatic nitrogens is 1. The van der Waals surface area contributed by atoms with Gasteiger partial charge in [-0.1, -0.05) is 0 Å². The maximum Gasteiger partial charge on any atom is 0.243 e. The van der Waals surface area contributed by atoms with Crippen molar-refractivity contribution < 1.29 is 8.78 Å². The molecule has 2 rings (SSSR count). The summed E-state index contributed by atoms with van der Waals surface area (Å²) in [5.41, 5.74) is 1.12. The summed E-state index contributed by atoms with van der Waals surface area (Å²) in [6.45, 7) is 0.969. The van der Waals surface area contributed by atoms with Gasteiger partial charge >= 0.3 is 0 Å². The Kier molecular flexibility index (Phi) is 3.00. The maximum absolute atomic E-state index is 12.5. The van der Waals surface area contributed by atoms with Crippen molar-refractivity contribution in [2.24, 2.45) is 5.92 Å². The lowest BCUT2D eigenvalue weighted by Crippen LogP contribution is -2.22. The fraction of sp³-hybridized carbons (Fsp3) is 0.455. The molecule has 0 aromatic carbocycles. The molecule has 0 saturated carbocycles. The van der Waals surface area contributed by atoms with E-state index in [2.05, 4.69) is 4.98 Å².